The van der Waals surface area contributed by atoms with Gasteiger partial charge in [0.1, 0.15) is 12.6 Å². The second kappa shape index (κ2) is 8.81. The van der Waals surface area contributed by atoms with Crippen LogP contribution in [0.25, 0.3) is 11.1 Å². The van der Waals surface area contributed by atoms with E-state index >= 15 is 0 Å². The summed E-state index contributed by atoms with van der Waals surface area (Å²) in [5, 5.41) is 0. The molecule has 0 aliphatic carbocycles. The molecule has 0 radical (unpaired) electrons. The molecule has 2 nitrogen and oxygen atoms in total. The minimum absolute atomic E-state index is 0.698. The zero-order chi connectivity index (χ0) is 16.5. The first-order chi connectivity index (χ1) is 11.2. The van der Waals surface area contributed by atoms with E-state index in [1.54, 1.807) is 18.2 Å². The first-order valence-electron chi connectivity index (χ1n) is 7.04. The van der Waals surface area contributed by atoms with Gasteiger partial charge < -0.3 is 0 Å². The number of halogens is 1. The van der Waals surface area contributed by atoms with Crippen molar-refractivity contribution in [2.75, 3.05) is 0 Å². The summed E-state index contributed by atoms with van der Waals surface area (Å²) < 4.78 is 0.937. The number of rotatable bonds is 3. The van der Waals surface area contributed by atoms with Gasteiger partial charge in [-0.3, -0.25) is 9.59 Å². The third kappa shape index (κ3) is 5.31. The van der Waals surface area contributed by atoms with Gasteiger partial charge in [0.05, 0.1) is 0 Å². The van der Waals surface area contributed by atoms with Crippen molar-refractivity contribution >= 4 is 28.5 Å². The van der Waals surface area contributed by atoms with Gasteiger partial charge in [0.2, 0.25) is 0 Å². The van der Waals surface area contributed by atoms with Crippen LogP contribution in [0.2, 0.25) is 0 Å². The third-order valence-electron chi connectivity index (χ3n) is 3.11. The molecule has 23 heavy (non-hydrogen) atoms. The standard InChI is InChI=1S/C13H10O.C7H5BrO/c14-10-11-5-4-8-13(9-11)12-6-2-1-3-7-12;8-7-3-1-2-6(4-7)5-9/h1-10H;1-5H. The molecule has 0 saturated carbocycles. The summed E-state index contributed by atoms with van der Waals surface area (Å²) in [5.74, 6) is 0. The predicted octanol–water partition coefficient (Wildman–Crippen LogP) is 5.43. The monoisotopic (exact) mass is 366 g/mol. The van der Waals surface area contributed by atoms with Crippen molar-refractivity contribution in [3.05, 3.63) is 94.5 Å². The van der Waals surface area contributed by atoms with E-state index in [1.807, 2.05) is 60.7 Å². The Morgan fingerprint density at radius 3 is 1.74 bits per heavy atom. The lowest BCUT2D eigenvalue weighted by Gasteiger charge is -2.00. The van der Waals surface area contributed by atoms with Gasteiger partial charge in [-0.25, -0.2) is 0 Å². The zero-order valence-electron chi connectivity index (χ0n) is 12.4. The Hall–Kier alpha value is -2.52. The highest BCUT2D eigenvalue weighted by Gasteiger charge is 1.96. The van der Waals surface area contributed by atoms with Gasteiger partial charge in [-0.15, -0.1) is 0 Å². The van der Waals surface area contributed by atoms with E-state index in [4.69, 9.17) is 0 Å². The van der Waals surface area contributed by atoms with E-state index in [1.165, 1.54) is 0 Å². The van der Waals surface area contributed by atoms with Crippen LogP contribution in [0.15, 0.2) is 83.3 Å². The lowest BCUT2D eigenvalue weighted by Crippen LogP contribution is -1.81. The number of hydrogen-bond acceptors (Lipinski definition) is 2. The molecule has 3 heteroatoms. The Kier molecular flexibility index (Phi) is 6.45. The van der Waals surface area contributed by atoms with Crippen LogP contribution in [-0.2, 0) is 0 Å². The van der Waals surface area contributed by atoms with Crippen LogP contribution in [0.5, 0.6) is 0 Å². The van der Waals surface area contributed by atoms with Crippen molar-refractivity contribution in [3.8, 4) is 11.1 Å². The maximum absolute atomic E-state index is 10.6. The number of benzene rings is 3. The summed E-state index contributed by atoms with van der Waals surface area (Å²) in [6, 6.07) is 24.9. The van der Waals surface area contributed by atoms with Gasteiger partial charge in [-0.1, -0.05) is 76.6 Å². The Morgan fingerprint density at radius 2 is 1.17 bits per heavy atom. The number of carbonyl (C=O) groups excluding carboxylic acids is 2. The molecule has 0 aliphatic heterocycles. The molecule has 0 unspecified atom stereocenters. The lowest BCUT2D eigenvalue weighted by molar-refractivity contribution is 0.111. The fraction of sp³-hybridized carbons (Fsp3) is 0. The molecule has 0 heterocycles. The molecule has 0 atom stereocenters. The van der Waals surface area contributed by atoms with E-state index in [9.17, 15) is 9.59 Å². The van der Waals surface area contributed by atoms with E-state index in [0.717, 1.165) is 28.2 Å². The quantitative estimate of drug-likeness (QED) is 0.579. The van der Waals surface area contributed by atoms with Crippen molar-refractivity contribution in [3.63, 3.8) is 0 Å². The maximum atomic E-state index is 10.6. The summed E-state index contributed by atoms with van der Waals surface area (Å²) in [5.41, 5.74) is 3.63. The molecule has 3 aromatic rings. The molecule has 0 aliphatic rings. The second-order valence-corrected chi connectivity index (χ2v) is 5.70. The summed E-state index contributed by atoms with van der Waals surface area (Å²) in [4.78, 5) is 20.7. The maximum Gasteiger partial charge on any atom is 0.150 e. The minimum Gasteiger partial charge on any atom is -0.298 e. The summed E-state index contributed by atoms with van der Waals surface area (Å²) >= 11 is 3.24. The molecule has 0 aromatic heterocycles. The SMILES string of the molecule is O=Cc1cccc(-c2ccccc2)c1.O=Cc1cccc(Br)c1. The fourth-order valence-electron chi connectivity index (χ4n) is 2.00. The number of hydrogen-bond donors (Lipinski definition) is 0. The zero-order valence-corrected chi connectivity index (χ0v) is 13.9. The molecule has 114 valence electrons. The van der Waals surface area contributed by atoms with E-state index < -0.39 is 0 Å². The molecule has 0 N–H and O–H groups in total. The Labute approximate surface area is 143 Å². The highest BCUT2D eigenvalue weighted by molar-refractivity contribution is 9.10. The number of aldehydes is 2. The van der Waals surface area contributed by atoms with Crippen LogP contribution in [-0.4, -0.2) is 12.6 Å². The topological polar surface area (TPSA) is 34.1 Å². The van der Waals surface area contributed by atoms with Crippen molar-refractivity contribution in [2.45, 2.75) is 0 Å². The van der Waals surface area contributed by atoms with Gasteiger partial charge in [0.15, 0.2) is 0 Å². The first-order valence-corrected chi connectivity index (χ1v) is 7.83. The van der Waals surface area contributed by atoms with Gasteiger partial charge in [-0.05, 0) is 29.3 Å². The Balaban J connectivity index is 0.000000185. The van der Waals surface area contributed by atoms with Crippen LogP contribution >= 0.6 is 15.9 Å². The molecule has 3 rings (SSSR count). The normalized spacial score (nSPS) is 9.43. The molecular formula is C20H15BrO2. The summed E-state index contributed by atoms with van der Waals surface area (Å²) in [6.45, 7) is 0. The van der Waals surface area contributed by atoms with Gasteiger partial charge in [0.25, 0.3) is 0 Å². The molecule has 0 spiro atoms. The van der Waals surface area contributed by atoms with Crippen LogP contribution in [0, 0.1) is 0 Å². The van der Waals surface area contributed by atoms with E-state index in [0.29, 0.717) is 11.1 Å². The van der Waals surface area contributed by atoms with Crippen LogP contribution < -0.4 is 0 Å². The van der Waals surface area contributed by atoms with E-state index in [-0.39, 0.29) is 0 Å². The van der Waals surface area contributed by atoms with Crippen molar-refractivity contribution < 1.29 is 9.59 Å². The molecule has 0 amide bonds. The Morgan fingerprint density at radius 1 is 0.609 bits per heavy atom. The second-order valence-electron chi connectivity index (χ2n) is 4.78. The average molecular weight is 367 g/mol. The molecule has 0 saturated heterocycles. The fourth-order valence-corrected chi connectivity index (χ4v) is 2.42. The van der Waals surface area contributed by atoms with Crippen molar-refractivity contribution in [1.82, 2.24) is 0 Å². The largest absolute Gasteiger partial charge is 0.298 e. The number of carbonyl (C=O) groups is 2. The predicted molar refractivity (Wildman–Crippen MR) is 96.8 cm³/mol. The lowest BCUT2D eigenvalue weighted by atomic mass is 10.0. The first kappa shape index (κ1) is 16.8. The molecular weight excluding hydrogens is 352 g/mol. The van der Waals surface area contributed by atoms with Crippen LogP contribution in [0.1, 0.15) is 20.7 Å². The highest BCUT2D eigenvalue weighted by atomic mass is 79.9. The third-order valence-corrected chi connectivity index (χ3v) is 3.61. The van der Waals surface area contributed by atoms with Crippen LogP contribution in [0.3, 0.4) is 0 Å². The summed E-state index contributed by atoms with van der Waals surface area (Å²) in [7, 11) is 0. The highest BCUT2D eigenvalue weighted by Crippen LogP contribution is 2.19. The van der Waals surface area contributed by atoms with Gasteiger partial charge >= 0.3 is 0 Å². The van der Waals surface area contributed by atoms with Gasteiger partial charge in [0, 0.05) is 15.6 Å². The summed E-state index contributed by atoms with van der Waals surface area (Å²) in [6.07, 6.45) is 1.69. The van der Waals surface area contributed by atoms with Gasteiger partial charge in [-0.2, -0.15) is 0 Å². The minimum atomic E-state index is 0.698. The average Bonchev–Trinajstić information content (AvgIpc) is 2.63. The van der Waals surface area contributed by atoms with Crippen LogP contribution in [0.4, 0.5) is 0 Å². The smallest absolute Gasteiger partial charge is 0.150 e. The van der Waals surface area contributed by atoms with Crippen molar-refractivity contribution in [2.24, 2.45) is 0 Å². The van der Waals surface area contributed by atoms with Crippen molar-refractivity contribution in [1.29, 1.82) is 0 Å². The van der Waals surface area contributed by atoms with E-state index in [2.05, 4.69) is 15.9 Å². The molecule has 0 bridgehead atoms. The molecule has 0 fully saturated rings. The Bertz CT molecular complexity index is 782. The molecule has 3 aromatic carbocycles.